The van der Waals surface area contributed by atoms with Gasteiger partial charge in [-0.3, -0.25) is 0 Å². The summed E-state index contributed by atoms with van der Waals surface area (Å²) in [6, 6.07) is 6.24. The highest BCUT2D eigenvalue weighted by Crippen LogP contribution is 2.31. The fourth-order valence-corrected chi connectivity index (χ4v) is 2.85. The van der Waals surface area contributed by atoms with Crippen LogP contribution in [-0.2, 0) is 16.0 Å². The third-order valence-corrected chi connectivity index (χ3v) is 4.69. The summed E-state index contributed by atoms with van der Waals surface area (Å²) >= 11 is 0. The Labute approximate surface area is 151 Å². The van der Waals surface area contributed by atoms with Crippen molar-refractivity contribution in [3.05, 3.63) is 53.7 Å². The van der Waals surface area contributed by atoms with Crippen molar-refractivity contribution in [2.75, 3.05) is 6.26 Å². The predicted molar refractivity (Wildman–Crippen MR) is 87.4 cm³/mol. The maximum Gasteiger partial charge on any atom is 0.453 e. The van der Waals surface area contributed by atoms with Gasteiger partial charge < -0.3 is 0 Å². The number of sulfone groups is 1. The van der Waals surface area contributed by atoms with Gasteiger partial charge in [-0.2, -0.15) is 17.9 Å². The van der Waals surface area contributed by atoms with Gasteiger partial charge in [0.05, 0.1) is 10.5 Å². The highest BCUT2D eigenvalue weighted by Gasteiger charge is 2.38. The number of hydrogen-bond donors (Lipinski definition) is 0. The van der Waals surface area contributed by atoms with E-state index in [0.717, 1.165) is 23.2 Å². The van der Waals surface area contributed by atoms with E-state index in [9.17, 15) is 26.0 Å². The van der Waals surface area contributed by atoms with E-state index in [0.29, 0.717) is 5.56 Å². The van der Waals surface area contributed by atoms with Crippen molar-refractivity contribution in [3.8, 4) is 17.2 Å². The Kier molecular flexibility index (Phi) is 4.50. The van der Waals surface area contributed by atoms with E-state index in [4.69, 9.17) is 0 Å². The summed E-state index contributed by atoms with van der Waals surface area (Å²) in [5.41, 5.74) is 0.418. The SMILES string of the molecule is Cc1ccc(F)c(-c2nc(C(F)(F)F)nn2-c2ccc(S(C)(=O)=O)cn2)c1. The quantitative estimate of drug-likeness (QED) is 0.631. The molecule has 0 aliphatic rings. The Morgan fingerprint density at radius 3 is 2.37 bits per heavy atom. The van der Waals surface area contributed by atoms with E-state index < -0.39 is 33.5 Å². The number of rotatable bonds is 3. The summed E-state index contributed by atoms with van der Waals surface area (Å²) in [4.78, 5) is 7.15. The largest absolute Gasteiger partial charge is 0.453 e. The number of benzene rings is 1. The second kappa shape index (κ2) is 6.41. The molecular formula is C16H12F4N4O2S. The van der Waals surface area contributed by atoms with Gasteiger partial charge in [-0.1, -0.05) is 11.6 Å². The molecule has 6 nitrogen and oxygen atoms in total. The summed E-state index contributed by atoms with van der Waals surface area (Å²) < 4.78 is 77.2. The van der Waals surface area contributed by atoms with E-state index in [1.54, 1.807) is 6.92 Å². The third-order valence-electron chi connectivity index (χ3n) is 3.59. The standard InChI is InChI=1S/C16H12F4N4O2S/c1-9-3-5-12(17)11(7-9)14-22-15(16(18,19)20)23-24(14)13-6-4-10(8-21-13)27(2,25)26/h3-8H,1-2H3. The Morgan fingerprint density at radius 1 is 1.11 bits per heavy atom. The Hall–Kier alpha value is -2.82. The Balaban J connectivity index is 2.23. The van der Waals surface area contributed by atoms with Crippen LogP contribution in [0.3, 0.4) is 0 Å². The normalized spacial score (nSPS) is 12.4. The van der Waals surface area contributed by atoms with Gasteiger partial charge in [0.15, 0.2) is 21.5 Å². The average molecular weight is 400 g/mol. The number of pyridine rings is 1. The average Bonchev–Trinajstić information content (AvgIpc) is 3.02. The molecule has 142 valence electrons. The van der Waals surface area contributed by atoms with E-state index in [1.165, 1.54) is 24.3 Å². The molecule has 3 aromatic rings. The molecule has 11 heteroatoms. The smallest absolute Gasteiger partial charge is 0.236 e. The number of aromatic nitrogens is 4. The van der Waals surface area contributed by atoms with Crippen LogP contribution < -0.4 is 0 Å². The van der Waals surface area contributed by atoms with Crippen LogP contribution >= 0.6 is 0 Å². The summed E-state index contributed by atoms with van der Waals surface area (Å²) in [5.74, 6) is -2.78. The summed E-state index contributed by atoms with van der Waals surface area (Å²) in [6.45, 7) is 1.65. The molecule has 3 rings (SSSR count). The van der Waals surface area contributed by atoms with E-state index in [2.05, 4.69) is 15.1 Å². The lowest BCUT2D eigenvalue weighted by molar-refractivity contribution is -0.144. The van der Waals surface area contributed by atoms with Gasteiger partial charge in [0.25, 0.3) is 5.82 Å². The molecular weight excluding hydrogens is 388 g/mol. The minimum absolute atomic E-state index is 0.120. The monoisotopic (exact) mass is 400 g/mol. The first-order valence-corrected chi connectivity index (χ1v) is 9.33. The molecule has 0 radical (unpaired) electrons. The van der Waals surface area contributed by atoms with E-state index >= 15 is 0 Å². The number of hydrogen-bond acceptors (Lipinski definition) is 5. The number of nitrogens with zero attached hydrogens (tertiary/aromatic N) is 4. The van der Waals surface area contributed by atoms with Crippen molar-refractivity contribution < 1.29 is 26.0 Å². The molecule has 0 fully saturated rings. The van der Waals surface area contributed by atoms with Crippen LogP contribution in [-0.4, -0.2) is 34.4 Å². The summed E-state index contributed by atoms with van der Waals surface area (Å²) in [7, 11) is -3.54. The first-order valence-electron chi connectivity index (χ1n) is 7.44. The fourth-order valence-electron chi connectivity index (χ4n) is 2.29. The summed E-state index contributed by atoms with van der Waals surface area (Å²) in [6.07, 6.45) is -2.91. The zero-order valence-electron chi connectivity index (χ0n) is 14.0. The van der Waals surface area contributed by atoms with Crippen LogP contribution in [0.2, 0.25) is 0 Å². The molecule has 0 unspecified atom stereocenters. The zero-order valence-corrected chi connectivity index (χ0v) is 14.8. The molecule has 0 spiro atoms. The second-order valence-electron chi connectivity index (χ2n) is 5.78. The maximum absolute atomic E-state index is 14.2. The molecule has 0 N–H and O–H groups in total. The van der Waals surface area contributed by atoms with Gasteiger partial charge in [0, 0.05) is 12.5 Å². The van der Waals surface area contributed by atoms with Crippen LogP contribution in [0.4, 0.5) is 17.6 Å². The highest BCUT2D eigenvalue weighted by molar-refractivity contribution is 7.90. The molecule has 0 atom stereocenters. The molecule has 0 aliphatic heterocycles. The molecule has 2 heterocycles. The van der Waals surface area contributed by atoms with Crippen molar-refractivity contribution in [1.82, 2.24) is 19.7 Å². The molecule has 27 heavy (non-hydrogen) atoms. The van der Waals surface area contributed by atoms with Crippen LogP contribution in [0.5, 0.6) is 0 Å². The van der Waals surface area contributed by atoms with Crippen LogP contribution in [0.15, 0.2) is 41.4 Å². The van der Waals surface area contributed by atoms with Gasteiger partial charge >= 0.3 is 6.18 Å². The lowest BCUT2D eigenvalue weighted by Crippen LogP contribution is -2.09. The molecule has 0 amide bonds. The molecule has 0 saturated heterocycles. The zero-order chi connectivity index (χ0) is 20.0. The van der Waals surface area contributed by atoms with Crippen LogP contribution in [0.1, 0.15) is 11.4 Å². The fraction of sp³-hybridized carbons (Fsp3) is 0.188. The topological polar surface area (TPSA) is 77.7 Å². The first-order chi connectivity index (χ1) is 12.5. The number of alkyl halides is 3. The van der Waals surface area contributed by atoms with Gasteiger partial charge in [0.2, 0.25) is 0 Å². The molecule has 1 aromatic carbocycles. The second-order valence-corrected chi connectivity index (χ2v) is 7.79. The van der Waals surface area contributed by atoms with E-state index in [-0.39, 0.29) is 16.3 Å². The van der Waals surface area contributed by atoms with Crippen molar-refractivity contribution in [2.45, 2.75) is 18.0 Å². The molecule has 0 bridgehead atoms. The highest BCUT2D eigenvalue weighted by atomic mass is 32.2. The predicted octanol–water partition coefficient (Wildman–Crippen LogP) is 3.20. The van der Waals surface area contributed by atoms with Gasteiger partial charge in [-0.15, -0.1) is 5.10 Å². The van der Waals surface area contributed by atoms with Crippen molar-refractivity contribution in [2.24, 2.45) is 0 Å². The van der Waals surface area contributed by atoms with Gasteiger partial charge in [-0.25, -0.2) is 22.8 Å². The molecule has 0 aliphatic carbocycles. The Morgan fingerprint density at radius 2 is 1.81 bits per heavy atom. The minimum atomic E-state index is -4.85. The summed E-state index contributed by atoms with van der Waals surface area (Å²) in [5, 5.41) is 3.39. The van der Waals surface area contributed by atoms with Gasteiger partial charge in [-0.05, 0) is 31.2 Å². The third kappa shape index (κ3) is 3.82. The maximum atomic E-state index is 14.2. The number of halogens is 4. The van der Waals surface area contributed by atoms with Crippen molar-refractivity contribution in [1.29, 1.82) is 0 Å². The lowest BCUT2D eigenvalue weighted by Gasteiger charge is -2.07. The van der Waals surface area contributed by atoms with Crippen LogP contribution in [0.25, 0.3) is 17.2 Å². The minimum Gasteiger partial charge on any atom is -0.236 e. The van der Waals surface area contributed by atoms with Gasteiger partial charge in [0.1, 0.15) is 5.82 Å². The van der Waals surface area contributed by atoms with Crippen molar-refractivity contribution >= 4 is 9.84 Å². The van der Waals surface area contributed by atoms with Crippen LogP contribution in [0, 0.1) is 12.7 Å². The lowest BCUT2D eigenvalue weighted by atomic mass is 10.1. The first kappa shape index (κ1) is 19.0. The van der Waals surface area contributed by atoms with Crippen molar-refractivity contribution in [3.63, 3.8) is 0 Å². The molecule has 2 aromatic heterocycles. The number of aryl methyl sites for hydroxylation is 1. The van der Waals surface area contributed by atoms with E-state index in [1.807, 2.05) is 0 Å². The Bertz CT molecular complexity index is 1110. The molecule has 0 saturated carbocycles.